The normalized spacial score (nSPS) is 11.7. The molecule has 0 saturated heterocycles. The maximum atomic E-state index is 13.1. The number of aromatic nitrogens is 4. The van der Waals surface area contributed by atoms with Crippen molar-refractivity contribution in [2.75, 3.05) is 7.11 Å². The topological polar surface area (TPSA) is 87.0 Å². The molecule has 0 N–H and O–H groups in total. The minimum atomic E-state index is -3.65. The van der Waals surface area contributed by atoms with Gasteiger partial charge in [-0.15, -0.1) is 21.5 Å². The van der Waals surface area contributed by atoms with Crippen LogP contribution in [0.1, 0.15) is 36.0 Å². The molecule has 1 aromatic carbocycles. The van der Waals surface area contributed by atoms with Crippen LogP contribution < -0.4 is 4.74 Å². The molecule has 0 unspecified atom stereocenters. The molecule has 0 aliphatic heterocycles. The van der Waals surface area contributed by atoms with Crippen molar-refractivity contribution in [3.8, 4) is 16.5 Å². The Balaban J connectivity index is 2.00. The number of hydrogen-bond donors (Lipinski definition) is 0. The lowest BCUT2D eigenvalue weighted by Gasteiger charge is -2.10. The van der Waals surface area contributed by atoms with Crippen LogP contribution in [0.3, 0.4) is 0 Å². The molecule has 3 aromatic rings. The zero-order valence-corrected chi connectivity index (χ0v) is 18.1. The lowest BCUT2D eigenvalue weighted by Crippen LogP contribution is -2.14. The summed E-state index contributed by atoms with van der Waals surface area (Å²) in [4.78, 5) is 5.31. The summed E-state index contributed by atoms with van der Waals surface area (Å²) in [6.07, 6.45) is 1.78. The number of benzene rings is 1. The lowest BCUT2D eigenvalue weighted by atomic mass is 10.2. The monoisotopic (exact) mass is 420 g/mol. The molecular weight excluding hydrogens is 396 g/mol. The van der Waals surface area contributed by atoms with Crippen LogP contribution in [0, 0.1) is 13.8 Å². The van der Waals surface area contributed by atoms with E-state index in [0.29, 0.717) is 23.7 Å². The highest BCUT2D eigenvalue weighted by atomic mass is 32.2. The number of unbranched alkanes of at least 4 members (excludes halogenated alkanes) is 1. The molecule has 28 heavy (non-hydrogen) atoms. The van der Waals surface area contributed by atoms with Gasteiger partial charge in [0, 0.05) is 6.54 Å². The third kappa shape index (κ3) is 4.25. The Bertz CT molecular complexity index is 1050. The van der Waals surface area contributed by atoms with Gasteiger partial charge in [0.25, 0.3) is 0 Å². The van der Waals surface area contributed by atoms with Crippen LogP contribution in [0.5, 0.6) is 5.75 Å². The first-order chi connectivity index (χ1) is 13.4. The molecule has 2 aromatic heterocycles. The molecule has 7 nitrogen and oxygen atoms in total. The Morgan fingerprint density at radius 3 is 2.43 bits per heavy atom. The van der Waals surface area contributed by atoms with Crippen LogP contribution in [0.15, 0.2) is 29.4 Å². The second kappa shape index (κ2) is 8.40. The Hall–Kier alpha value is -2.26. The van der Waals surface area contributed by atoms with Gasteiger partial charge in [-0.2, -0.15) is 0 Å². The minimum absolute atomic E-state index is 0.0113. The fourth-order valence-corrected chi connectivity index (χ4v) is 5.30. The van der Waals surface area contributed by atoms with E-state index in [9.17, 15) is 8.42 Å². The third-order valence-electron chi connectivity index (χ3n) is 4.35. The molecule has 0 radical (unpaired) electrons. The van der Waals surface area contributed by atoms with Crippen LogP contribution in [-0.2, 0) is 22.1 Å². The summed E-state index contributed by atoms with van der Waals surface area (Å²) < 4.78 is 33.1. The van der Waals surface area contributed by atoms with E-state index in [-0.39, 0.29) is 10.9 Å². The standard InChI is InChI=1S/C19H24N4O3S2/c1-5-6-11-23-18(17-13(2)20-14(3)27-17)21-22-19(23)28(24,25)12-15-7-9-16(26-4)10-8-15/h7-10H,5-6,11-12H2,1-4H3. The molecule has 150 valence electrons. The average molecular weight is 421 g/mol. The number of sulfone groups is 1. The highest BCUT2D eigenvalue weighted by Gasteiger charge is 2.27. The summed E-state index contributed by atoms with van der Waals surface area (Å²) in [5.41, 5.74) is 1.52. The average Bonchev–Trinajstić information content (AvgIpc) is 3.23. The van der Waals surface area contributed by atoms with Crippen molar-refractivity contribution in [3.63, 3.8) is 0 Å². The van der Waals surface area contributed by atoms with Crippen LogP contribution in [0.4, 0.5) is 0 Å². The quantitative estimate of drug-likeness (QED) is 0.551. The second-order valence-electron chi connectivity index (χ2n) is 6.57. The zero-order chi connectivity index (χ0) is 20.3. The Labute approximate surface area is 169 Å². The lowest BCUT2D eigenvalue weighted by molar-refractivity contribution is 0.414. The number of hydrogen-bond acceptors (Lipinski definition) is 7. The number of rotatable bonds is 8. The summed E-state index contributed by atoms with van der Waals surface area (Å²) in [6, 6.07) is 7.00. The zero-order valence-electron chi connectivity index (χ0n) is 16.5. The smallest absolute Gasteiger partial charge is 0.250 e. The summed E-state index contributed by atoms with van der Waals surface area (Å²) in [7, 11) is -2.08. The van der Waals surface area contributed by atoms with Gasteiger partial charge in [-0.25, -0.2) is 13.4 Å². The number of thiazole rings is 1. The highest BCUT2D eigenvalue weighted by molar-refractivity contribution is 7.90. The van der Waals surface area contributed by atoms with Gasteiger partial charge in [-0.05, 0) is 38.0 Å². The predicted octanol–water partition coefficient (Wildman–Crippen LogP) is 3.80. The van der Waals surface area contributed by atoms with Crippen molar-refractivity contribution in [1.29, 1.82) is 0 Å². The largest absolute Gasteiger partial charge is 0.497 e. The molecule has 9 heteroatoms. The summed E-state index contributed by atoms with van der Waals surface area (Å²) in [5.74, 6) is 1.12. The van der Waals surface area contributed by atoms with Gasteiger partial charge in [-0.3, -0.25) is 4.57 Å². The van der Waals surface area contributed by atoms with E-state index in [4.69, 9.17) is 4.74 Å². The third-order valence-corrected chi connectivity index (χ3v) is 6.99. The van der Waals surface area contributed by atoms with Gasteiger partial charge in [0.2, 0.25) is 15.0 Å². The van der Waals surface area contributed by atoms with Gasteiger partial charge >= 0.3 is 0 Å². The number of ether oxygens (including phenoxy) is 1. The van der Waals surface area contributed by atoms with Crippen LogP contribution in [0.2, 0.25) is 0 Å². The first kappa shape index (κ1) is 20.5. The molecule has 3 rings (SSSR count). The molecular formula is C19H24N4O3S2. The predicted molar refractivity (Wildman–Crippen MR) is 109 cm³/mol. The highest BCUT2D eigenvalue weighted by Crippen LogP contribution is 2.30. The second-order valence-corrected chi connectivity index (χ2v) is 9.65. The first-order valence-electron chi connectivity index (χ1n) is 9.09. The van der Waals surface area contributed by atoms with Crippen LogP contribution in [0.25, 0.3) is 10.7 Å². The SMILES string of the molecule is CCCCn1c(-c2sc(C)nc2C)nnc1S(=O)(=O)Cc1ccc(OC)cc1. The number of methoxy groups -OCH3 is 1. The maximum Gasteiger partial charge on any atom is 0.250 e. The maximum absolute atomic E-state index is 13.1. The van der Waals surface area contributed by atoms with E-state index in [0.717, 1.165) is 28.4 Å². The van der Waals surface area contributed by atoms with E-state index >= 15 is 0 Å². The van der Waals surface area contributed by atoms with Crippen molar-refractivity contribution in [2.24, 2.45) is 0 Å². The van der Waals surface area contributed by atoms with E-state index in [1.807, 2.05) is 13.8 Å². The van der Waals surface area contributed by atoms with Crippen molar-refractivity contribution in [2.45, 2.75) is 51.1 Å². The molecule has 0 spiro atoms. The Morgan fingerprint density at radius 2 is 1.86 bits per heavy atom. The van der Waals surface area contributed by atoms with Gasteiger partial charge in [0.1, 0.15) is 5.75 Å². The van der Waals surface area contributed by atoms with Crippen molar-refractivity contribution in [1.82, 2.24) is 19.7 Å². The van der Waals surface area contributed by atoms with E-state index in [1.54, 1.807) is 35.9 Å². The summed E-state index contributed by atoms with van der Waals surface area (Å²) in [6.45, 7) is 6.45. The molecule has 0 aliphatic carbocycles. The van der Waals surface area contributed by atoms with Gasteiger partial charge < -0.3 is 4.74 Å². The van der Waals surface area contributed by atoms with Crippen LogP contribution in [-0.4, -0.2) is 35.3 Å². The fraction of sp³-hybridized carbons (Fsp3) is 0.421. The van der Waals surface area contributed by atoms with Crippen molar-refractivity contribution >= 4 is 21.2 Å². The molecule has 2 heterocycles. The Morgan fingerprint density at radius 1 is 1.14 bits per heavy atom. The number of aryl methyl sites for hydroxylation is 2. The minimum Gasteiger partial charge on any atom is -0.497 e. The molecule has 0 amide bonds. The molecule has 0 saturated carbocycles. The van der Waals surface area contributed by atoms with Gasteiger partial charge in [0.05, 0.1) is 28.4 Å². The summed E-state index contributed by atoms with van der Waals surface area (Å²) in [5, 5.41) is 9.24. The van der Waals surface area contributed by atoms with Gasteiger partial charge in [0.15, 0.2) is 5.82 Å². The van der Waals surface area contributed by atoms with Gasteiger partial charge in [-0.1, -0.05) is 25.5 Å². The van der Waals surface area contributed by atoms with Crippen molar-refractivity contribution in [3.05, 3.63) is 40.5 Å². The van der Waals surface area contributed by atoms with Crippen molar-refractivity contribution < 1.29 is 13.2 Å². The first-order valence-corrected chi connectivity index (χ1v) is 11.6. The van der Waals surface area contributed by atoms with E-state index in [2.05, 4.69) is 22.1 Å². The number of nitrogens with zero attached hydrogens (tertiary/aromatic N) is 4. The van der Waals surface area contributed by atoms with Crippen LogP contribution >= 0.6 is 11.3 Å². The molecule has 0 atom stereocenters. The molecule has 0 aliphatic rings. The molecule has 0 bridgehead atoms. The van der Waals surface area contributed by atoms with E-state index in [1.165, 1.54) is 11.3 Å². The molecule has 0 fully saturated rings. The fourth-order valence-electron chi connectivity index (χ4n) is 2.95. The summed E-state index contributed by atoms with van der Waals surface area (Å²) >= 11 is 1.50. The Kier molecular flexibility index (Phi) is 6.14. The van der Waals surface area contributed by atoms with E-state index < -0.39 is 9.84 Å².